The molecule has 0 fully saturated rings. The van der Waals surface area contributed by atoms with E-state index >= 15 is 0 Å². The Bertz CT molecular complexity index is 912. The molecule has 29 heavy (non-hydrogen) atoms. The van der Waals surface area contributed by atoms with Crippen molar-refractivity contribution in [3.63, 3.8) is 0 Å². The number of hydrogen-bond donors (Lipinski definition) is 2. The zero-order valence-electron chi connectivity index (χ0n) is 16.6. The first kappa shape index (κ1) is 22.6. The summed E-state index contributed by atoms with van der Waals surface area (Å²) in [6.45, 7) is 2.71. The first-order chi connectivity index (χ1) is 13.8. The van der Waals surface area contributed by atoms with E-state index in [0.29, 0.717) is 0 Å². The molecule has 0 bridgehead atoms. The lowest BCUT2D eigenvalue weighted by atomic mass is 10.1. The van der Waals surface area contributed by atoms with Crippen molar-refractivity contribution in [3.8, 4) is 0 Å². The SMILES string of the molecule is Cc1ccc(S(=O)(=O)NCC(=O)OCC(=O)N[C@H](C)CCc2ccccc2)cc1. The van der Waals surface area contributed by atoms with Gasteiger partial charge in [-0.15, -0.1) is 0 Å². The van der Waals surface area contributed by atoms with Crippen molar-refractivity contribution >= 4 is 21.9 Å². The highest BCUT2D eigenvalue weighted by atomic mass is 32.2. The molecule has 2 aromatic carbocycles. The molecule has 0 aromatic heterocycles. The van der Waals surface area contributed by atoms with Crippen LogP contribution in [0.5, 0.6) is 0 Å². The number of carbonyl (C=O) groups excluding carboxylic acids is 2. The Kier molecular flexibility index (Phi) is 8.35. The average Bonchev–Trinajstić information content (AvgIpc) is 2.70. The number of amides is 1. The maximum atomic E-state index is 12.1. The van der Waals surface area contributed by atoms with Crippen molar-refractivity contribution in [1.82, 2.24) is 10.0 Å². The van der Waals surface area contributed by atoms with Crippen molar-refractivity contribution in [2.45, 2.75) is 37.6 Å². The summed E-state index contributed by atoms with van der Waals surface area (Å²) in [5, 5.41) is 2.75. The number of benzene rings is 2. The van der Waals surface area contributed by atoms with Crippen LogP contribution in [0.3, 0.4) is 0 Å². The summed E-state index contributed by atoms with van der Waals surface area (Å²) < 4.78 is 31.2. The molecular weight excluding hydrogens is 392 g/mol. The molecule has 1 atom stereocenters. The van der Waals surface area contributed by atoms with Crippen LogP contribution in [0.15, 0.2) is 59.5 Å². The molecule has 0 saturated heterocycles. The van der Waals surface area contributed by atoms with Gasteiger partial charge in [0.2, 0.25) is 10.0 Å². The summed E-state index contributed by atoms with van der Waals surface area (Å²) in [4.78, 5) is 23.7. The number of ether oxygens (including phenoxy) is 1. The van der Waals surface area contributed by atoms with Crippen LogP contribution in [0.2, 0.25) is 0 Å². The number of aryl methyl sites for hydroxylation is 2. The fraction of sp³-hybridized carbons (Fsp3) is 0.333. The van der Waals surface area contributed by atoms with Gasteiger partial charge in [0.15, 0.2) is 6.61 Å². The second-order valence-electron chi connectivity index (χ2n) is 6.79. The minimum Gasteiger partial charge on any atom is -0.455 e. The third-order valence-electron chi connectivity index (χ3n) is 4.22. The van der Waals surface area contributed by atoms with Gasteiger partial charge in [0.05, 0.1) is 4.90 Å². The van der Waals surface area contributed by atoms with E-state index in [2.05, 4.69) is 10.0 Å². The number of sulfonamides is 1. The number of nitrogens with one attached hydrogen (secondary N) is 2. The second kappa shape index (κ2) is 10.7. The Hall–Kier alpha value is -2.71. The van der Waals surface area contributed by atoms with E-state index in [0.717, 1.165) is 18.4 Å². The van der Waals surface area contributed by atoms with Crippen molar-refractivity contribution < 1.29 is 22.7 Å². The van der Waals surface area contributed by atoms with Crippen LogP contribution in [-0.4, -0.2) is 39.5 Å². The van der Waals surface area contributed by atoms with E-state index in [-0.39, 0.29) is 10.9 Å². The van der Waals surface area contributed by atoms with Crippen LogP contribution in [0.1, 0.15) is 24.5 Å². The summed E-state index contributed by atoms with van der Waals surface area (Å²) >= 11 is 0. The molecule has 0 unspecified atom stereocenters. The molecule has 2 rings (SSSR count). The number of hydrogen-bond acceptors (Lipinski definition) is 5. The Morgan fingerprint density at radius 1 is 1.03 bits per heavy atom. The predicted octanol–water partition coefficient (Wildman–Crippen LogP) is 1.95. The molecule has 0 aliphatic carbocycles. The summed E-state index contributed by atoms with van der Waals surface area (Å²) in [5.41, 5.74) is 2.10. The van der Waals surface area contributed by atoms with Crippen molar-refractivity contribution in [2.75, 3.05) is 13.2 Å². The van der Waals surface area contributed by atoms with Gasteiger partial charge in [-0.2, -0.15) is 4.72 Å². The molecule has 7 nitrogen and oxygen atoms in total. The highest BCUT2D eigenvalue weighted by Gasteiger charge is 2.17. The van der Waals surface area contributed by atoms with Crippen LogP contribution in [0, 0.1) is 6.92 Å². The number of esters is 1. The zero-order chi connectivity index (χ0) is 21.3. The monoisotopic (exact) mass is 418 g/mol. The third kappa shape index (κ3) is 8.05. The van der Waals surface area contributed by atoms with Crippen LogP contribution in [-0.2, 0) is 30.8 Å². The smallest absolute Gasteiger partial charge is 0.321 e. The Balaban J connectivity index is 1.68. The fourth-order valence-electron chi connectivity index (χ4n) is 2.57. The van der Waals surface area contributed by atoms with E-state index in [1.54, 1.807) is 12.1 Å². The van der Waals surface area contributed by atoms with Gasteiger partial charge in [-0.05, 0) is 44.4 Å². The lowest BCUT2D eigenvalue weighted by Crippen LogP contribution is -2.37. The zero-order valence-corrected chi connectivity index (χ0v) is 17.4. The van der Waals surface area contributed by atoms with E-state index in [1.807, 2.05) is 44.2 Å². The van der Waals surface area contributed by atoms with E-state index in [9.17, 15) is 18.0 Å². The highest BCUT2D eigenvalue weighted by Crippen LogP contribution is 2.09. The number of carbonyl (C=O) groups is 2. The van der Waals surface area contributed by atoms with Crippen molar-refractivity contribution in [3.05, 3.63) is 65.7 Å². The Morgan fingerprint density at radius 3 is 2.34 bits per heavy atom. The molecule has 2 N–H and O–H groups in total. The molecule has 2 aromatic rings. The normalized spacial score (nSPS) is 12.2. The van der Waals surface area contributed by atoms with Crippen LogP contribution >= 0.6 is 0 Å². The van der Waals surface area contributed by atoms with Gasteiger partial charge in [-0.3, -0.25) is 9.59 Å². The fourth-order valence-corrected chi connectivity index (χ4v) is 3.54. The topological polar surface area (TPSA) is 102 Å². The highest BCUT2D eigenvalue weighted by molar-refractivity contribution is 7.89. The summed E-state index contributed by atoms with van der Waals surface area (Å²) in [6.07, 6.45) is 1.57. The molecule has 0 radical (unpaired) electrons. The molecule has 0 heterocycles. The number of rotatable bonds is 10. The van der Waals surface area contributed by atoms with Gasteiger partial charge < -0.3 is 10.1 Å². The van der Waals surface area contributed by atoms with E-state index < -0.39 is 35.1 Å². The molecule has 1 amide bonds. The summed E-state index contributed by atoms with van der Waals surface area (Å²) in [5.74, 6) is -1.26. The maximum Gasteiger partial charge on any atom is 0.321 e. The average molecular weight is 419 g/mol. The van der Waals surface area contributed by atoms with Gasteiger partial charge in [0, 0.05) is 6.04 Å². The Morgan fingerprint density at radius 2 is 1.69 bits per heavy atom. The minimum atomic E-state index is -3.81. The van der Waals surface area contributed by atoms with Gasteiger partial charge in [0.25, 0.3) is 5.91 Å². The molecule has 8 heteroatoms. The van der Waals surface area contributed by atoms with Crippen LogP contribution < -0.4 is 10.0 Å². The van der Waals surface area contributed by atoms with E-state index in [4.69, 9.17) is 4.74 Å². The standard InChI is InChI=1S/C21H26N2O5S/c1-16-8-12-19(13-9-16)29(26,27)22-14-21(25)28-15-20(24)23-17(2)10-11-18-6-4-3-5-7-18/h3-9,12-13,17,22H,10-11,14-15H2,1-2H3,(H,23,24)/t17-/m1/s1. The lowest BCUT2D eigenvalue weighted by Gasteiger charge is -2.14. The molecule has 0 saturated carbocycles. The molecule has 156 valence electrons. The summed E-state index contributed by atoms with van der Waals surface area (Å²) in [6, 6.07) is 16.1. The Labute approximate surface area is 171 Å². The third-order valence-corrected chi connectivity index (χ3v) is 5.64. The molecule has 0 aliphatic heterocycles. The van der Waals surface area contributed by atoms with Crippen LogP contribution in [0.25, 0.3) is 0 Å². The van der Waals surface area contributed by atoms with Crippen LogP contribution in [0.4, 0.5) is 0 Å². The first-order valence-electron chi connectivity index (χ1n) is 9.31. The summed E-state index contributed by atoms with van der Waals surface area (Å²) in [7, 11) is -3.81. The first-order valence-corrected chi connectivity index (χ1v) is 10.8. The van der Waals surface area contributed by atoms with Gasteiger partial charge in [0.1, 0.15) is 6.54 Å². The second-order valence-corrected chi connectivity index (χ2v) is 8.56. The van der Waals surface area contributed by atoms with Gasteiger partial charge in [-0.1, -0.05) is 48.0 Å². The maximum absolute atomic E-state index is 12.1. The minimum absolute atomic E-state index is 0.0564. The molecule has 0 aliphatic rings. The van der Waals surface area contributed by atoms with Crippen molar-refractivity contribution in [1.29, 1.82) is 0 Å². The quantitative estimate of drug-likeness (QED) is 0.575. The lowest BCUT2D eigenvalue weighted by molar-refractivity contribution is -0.147. The molecule has 0 spiro atoms. The predicted molar refractivity (Wildman–Crippen MR) is 110 cm³/mol. The van der Waals surface area contributed by atoms with Gasteiger partial charge in [-0.25, -0.2) is 8.42 Å². The van der Waals surface area contributed by atoms with E-state index in [1.165, 1.54) is 17.7 Å². The molecular formula is C21H26N2O5S. The largest absolute Gasteiger partial charge is 0.455 e. The van der Waals surface area contributed by atoms with Crippen molar-refractivity contribution in [2.24, 2.45) is 0 Å². The van der Waals surface area contributed by atoms with Gasteiger partial charge >= 0.3 is 5.97 Å².